The fourth-order valence-electron chi connectivity index (χ4n) is 6.49. The molecule has 2 saturated heterocycles. The molecule has 1 unspecified atom stereocenters. The van der Waals surface area contributed by atoms with E-state index < -0.39 is 16.2 Å². The highest BCUT2D eigenvalue weighted by Crippen LogP contribution is 2.57. The van der Waals surface area contributed by atoms with Crippen molar-refractivity contribution in [2.24, 2.45) is 5.92 Å². The second-order valence-electron chi connectivity index (χ2n) is 11.1. The summed E-state index contributed by atoms with van der Waals surface area (Å²) in [6.07, 6.45) is 4.71. The number of rotatable bonds is 6. The number of aliphatic hydroxyl groups is 1. The van der Waals surface area contributed by atoms with E-state index in [0.717, 1.165) is 19.4 Å². The quantitative estimate of drug-likeness (QED) is 0.635. The van der Waals surface area contributed by atoms with Crippen LogP contribution in [0.4, 0.5) is 0 Å². The third kappa shape index (κ3) is 4.19. The fraction of sp³-hybridized carbons (Fsp3) is 0.720. The molecule has 1 N–H and O–H groups in total. The van der Waals surface area contributed by atoms with Crippen LogP contribution in [-0.2, 0) is 20.2 Å². The molecule has 1 aromatic carbocycles. The summed E-state index contributed by atoms with van der Waals surface area (Å²) in [6.45, 7) is 2.15. The summed E-state index contributed by atoms with van der Waals surface area (Å²) in [6, 6.07) is 10.6. The summed E-state index contributed by atoms with van der Waals surface area (Å²) >= 11 is 0. The van der Waals surface area contributed by atoms with Crippen LogP contribution >= 0.6 is 0 Å². The minimum absolute atomic E-state index is 0.0292. The summed E-state index contributed by atoms with van der Waals surface area (Å²) < 4.78 is 23.5. The molecule has 9 heteroatoms. The first-order chi connectivity index (χ1) is 16.1. The summed E-state index contributed by atoms with van der Waals surface area (Å²) in [7, 11) is 1.23. The molecule has 1 amide bonds. The van der Waals surface area contributed by atoms with Crippen LogP contribution in [0.3, 0.4) is 0 Å². The lowest BCUT2D eigenvalue weighted by Gasteiger charge is -2.61. The van der Waals surface area contributed by atoms with Crippen molar-refractivity contribution in [2.45, 2.75) is 49.5 Å². The predicted octanol–water partition coefficient (Wildman–Crippen LogP) is 0.927. The molecular weight excluding hydrogens is 452 g/mol. The number of benzene rings is 1. The van der Waals surface area contributed by atoms with Crippen LogP contribution in [0.25, 0.3) is 0 Å². The lowest BCUT2D eigenvalue weighted by molar-refractivity contribution is -0.147. The van der Waals surface area contributed by atoms with Crippen LogP contribution in [-0.4, -0.2) is 109 Å². The van der Waals surface area contributed by atoms with Crippen molar-refractivity contribution in [1.82, 2.24) is 19.6 Å². The molecule has 2 saturated carbocycles. The number of hydrogen-bond acceptors (Lipinski definition) is 7. The minimum Gasteiger partial charge on any atom is -0.365 e. The Morgan fingerprint density at radius 1 is 1.12 bits per heavy atom. The number of carbonyl (C=O) groups excluding carboxylic acids is 1. The molecule has 1 aromatic rings. The van der Waals surface area contributed by atoms with E-state index in [1.54, 1.807) is 4.90 Å². The van der Waals surface area contributed by atoms with Crippen LogP contribution in [0.15, 0.2) is 30.3 Å². The highest BCUT2D eigenvalue weighted by Gasteiger charge is 2.64. The SMILES string of the molecule is CN(C)[C@]1(c2ccccc2)C[C@@]2(CN(CC(=O)N3CCS(=O)(=O)CC3)C(O)N2CC2CCC2)C1. The number of hydrogen-bond donors (Lipinski definition) is 1. The van der Waals surface area contributed by atoms with Crippen molar-refractivity contribution in [1.29, 1.82) is 0 Å². The lowest BCUT2D eigenvalue weighted by Crippen LogP contribution is -2.68. The molecule has 0 bridgehead atoms. The molecule has 4 aliphatic rings. The number of sulfone groups is 1. The molecule has 4 fully saturated rings. The average Bonchev–Trinajstić information content (AvgIpc) is 3.01. The van der Waals surface area contributed by atoms with Crippen molar-refractivity contribution in [3.8, 4) is 0 Å². The Labute approximate surface area is 203 Å². The second-order valence-corrected chi connectivity index (χ2v) is 13.4. The van der Waals surface area contributed by atoms with E-state index in [2.05, 4.69) is 48.2 Å². The maximum absolute atomic E-state index is 13.0. The normalized spacial score (nSPS) is 34.4. The van der Waals surface area contributed by atoms with E-state index >= 15 is 0 Å². The third-order valence-corrected chi connectivity index (χ3v) is 10.4. The Morgan fingerprint density at radius 3 is 2.32 bits per heavy atom. The molecule has 0 radical (unpaired) electrons. The number of nitrogens with zero attached hydrogens (tertiary/aromatic N) is 4. The molecule has 2 aliphatic heterocycles. The molecule has 8 nitrogen and oxygen atoms in total. The van der Waals surface area contributed by atoms with Crippen LogP contribution < -0.4 is 0 Å². The van der Waals surface area contributed by atoms with Crippen molar-refractivity contribution in [3.05, 3.63) is 35.9 Å². The van der Waals surface area contributed by atoms with Gasteiger partial charge in [0.05, 0.1) is 18.1 Å². The summed E-state index contributed by atoms with van der Waals surface area (Å²) in [5.74, 6) is 0.583. The Morgan fingerprint density at radius 2 is 1.76 bits per heavy atom. The molecular formula is C25H38N4O4S. The van der Waals surface area contributed by atoms with E-state index in [0.29, 0.717) is 12.5 Å². The molecule has 5 rings (SSSR count). The monoisotopic (exact) mass is 490 g/mol. The standard InChI is InChI=1S/C25H38N4O4S/c1-26(2)25(21-9-4-3-5-10-21)17-24(18-25)19-28(23(31)29(24)15-20-7-6-8-20)16-22(30)27-11-13-34(32,33)14-12-27/h3-5,9-10,20,23,31H,6-8,11-19H2,1-2H3/t23?,24-,25+. The number of carbonyl (C=O) groups is 1. The third-order valence-electron chi connectivity index (χ3n) is 8.84. The molecule has 2 heterocycles. The molecule has 1 atom stereocenters. The van der Waals surface area contributed by atoms with Gasteiger partial charge in [-0.25, -0.2) is 8.42 Å². The molecule has 2 aliphatic carbocycles. The van der Waals surface area contributed by atoms with Crippen LogP contribution in [0.5, 0.6) is 0 Å². The largest absolute Gasteiger partial charge is 0.365 e. The Hall–Kier alpha value is -1.52. The Kier molecular flexibility index (Phi) is 6.30. The first kappa shape index (κ1) is 24.2. The van der Waals surface area contributed by atoms with E-state index in [9.17, 15) is 18.3 Å². The van der Waals surface area contributed by atoms with Crippen LogP contribution in [0, 0.1) is 5.92 Å². The van der Waals surface area contributed by atoms with Crippen molar-refractivity contribution < 1.29 is 18.3 Å². The molecule has 34 heavy (non-hydrogen) atoms. The van der Waals surface area contributed by atoms with Gasteiger partial charge in [0.2, 0.25) is 5.91 Å². The van der Waals surface area contributed by atoms with Gasteiger partial charge in [-0.3, -0.25) is 19.5 Å². The first-order valence-corrected chi connectivity index (χ1v) is 14.4. The van der Waals surface area contributed by atoms with Gasteiger partial charge in [-0.1, -0.05) is 36.8 Å². The van der Waals surface area contributed by atoms with E-state index in [1.807, 2.05) is 11.0 Å². The lowest BCUT2D eigenvalue weighted by atomic mass is 9.58. The van der Waals surface area contributed by atoms with Gasteiger partial charge in [0.1, 0.15) is 0 Å². The minimum atomic E-state index is -3.04. The van der Waals surface area contributed by atoms with Crippen LogP contribution in [0.2, 0.25) is 0 Å². The molecule has 1 spiro atoms. The maximum Gasteiger partial charge on any atom is 0.236 e. The second kappa shape index (κ2) is 8.85. The van der Waals surface area contributed by atoms with E-state index in [4.69, 9.17) is 0 Å². The van der Waals surface area contributed by atoms with Crippen LogP contribution in [0.1, 0.15) is 37.7 Å². The van der Waals surface area contributed by atoms with E-state index in [1.165, 1.54) is 24.8 Å². The molecule has 0 aromatic heterocycles. The highest BCUT2D eigenvalue weighted by molar-refractivity contribution is 7.91. The Balaban J connectivity index is 1.34. The number of aliphatic hydroxyl groups excluding tert-OH is 1. The molecule has 188 valence electrons. The predicted molar refractivity (Wildman–Crippen MR) is 131 cm³/mol. The van der Waals surface area contributed by atoms with Gasteiger partial charge in [0, 0.05) is 37.3 Å². The Bertz CT molecular complexity index is 991. The summed E-state index contributed by atoms with van der Waals surface area (Å²) in [5, 5.41) is 11.4. The van der Waals surface area contributed by atoms with Crippen molar-refractivity contribution in [3.63, 3.8) is 0 Å². The summed E-state index contributed by atoms with van der Waals surface area (Å²) in [5.41, 5.74) is 1.05. The van der Waals surface area contributed by atoms with Gasteiger partial charge in [-0.15, -0.1) is 0 Å². The van der Waals surface area contributed by atoms with Gasteiger partial charge < -0.3 is 10.0 Å². The zero-order valence-electron chi connectivity index (χ0n) is 20.4. The topological polar surface area (TPSA) is 84.4 Å². The maximum atomic E-state index is 13.0. The van der Waals surface area contributed by atoms with Gasteiger partial charge >= 0.3 is 0 Å². The summed E-state index contributed by atoms with van der Waals surface area (Å²) in [4.78, 5) is 21.2. The average molecular weight is 491 g/mol. The highest BCUT2D eigenvalue weighted by atomic mass is 32.2. The van der Waals surface area contributed by atoms with Gasteiger partial charge in [0.15, 0.2) is 16.2 Å². The smallest absolute Gasteiger partial charge is 0.236 e. The van der Waals surface area contributed by atoms with Gasteiger partial charge in [-0.05, 0) is 51.3 Å². The number of amides is 1. The van der Waals surface area contributed by atoms with Crippen molar-refractivity contribution in [2.75, 3.05) is 58.3 Å². The fourth-order valence-corrected chi connectivity index (χ4v) is 7.69. The van der Waals surface area contributed by atoms with Gasteiger partial charge in [0.25, 0.3) is 0 Å². The van der Waals surface area contributed by atoms with E-state index in [-0.39, 0.29) is 48.1 Å². The first-order valence-electron chi connectivity index (χ1n) is 12.5. The zero-order valence-corrected chi connectivity index (χ0v) is 21.2. The zero-order chi connectivity index (χ0) is 24.1. The van der Waals surface area contributed by atoms with Gasteiger partial charge in [-0.2, -0.15) is 0 Å². The van der Waals surface area contributed by atoms with Crippen molar-refractivity contribution >= 4 is 15.7 Å².